The number of aryl methyl sites for hydroxylation is 1. The van der Waals surface area contributed by atoms with E-state index in [-0.39, 0.29) is 0 Å². The molecule has 0 saturated heterocycles. The number of hydrogen-bond acceptors (Lipinski definition) is 5. The van der Waals surface area contributed by atoms with Crippen LogP contribution in [0.2, 0.25) is 0 Å². The maximum atomic E-state index is 5.72. The van der Waals surface area contributed by atoms with Crippen LogP contribution in [0.3, 0.4) is 0 Å². The lowest BCUT2D eigenvalue weighted by molar-refractivity contribution is 0.544. The van der Waals surface area contributed by atoms with Crippen LogP contribution < -0.4 is 5.32 Å². The van der Waals surface area contributed by atoms with Crippen molar-refractivity contribution in [1.82, 2.24) is 15.0 Å². The van der Waals surface area contributed by atoms with E-state index in [2.05, 4.69) is 44.5 Å². The Bertz CT molecular complexity index is 959. The first kappa shape index (κ1) is 15.3. The number of nitrogens with one attached hydrogen (secondary N) is 1. The van der Waals surface area contributed by atoms with Crippen LogP contribution in [-0.4, -0.2) is 15.0 Å². The van der Waals surface area contributed by atoms with Crippen LogP contribution in [0.5, 0.6) is 0 Å². The van der Waals surface area contributed by atoms with Gasteiger partial charge in [-0.05, 0) is 48.9 Å². The second-order valence-corrected chi connectivity index (χ2v) is 5.93. The number of benzene rings is 1. The topological polar surface area (TPSA) is 63.8 Å². The molecule has 4 rings (SSSR count). The fourth-order valence-corrected chi connectivity index (χ4v) is 2.69. The summed E-state index contributed by atoms with van der Waals surface area (Å²) in [5, 5.41) is 3.39. The van der Waals surface area contributed by atoms with Crippen molar-refractivity contribution in [2.45, 2.75) is 19.9 Å². The Morgan fingerprint density at radius 3 is 2.64 bits per heavy atom. The molecule has 3 aromatic heterocycles. The van der Waals surface area contributed by atoms with Crippen LogP contribution >= 0.6 is 0 Å². The summed E-state index contributed by atoms with van der Waals surface area (Å²) >= 11 is 0. The molecule has 0 spiro atoms. The number of aromatic nitrogens is 3. The molecule has 0 aliphatic heterocycles. The van der Waals surface area contributed by atoms with E-state index in [0.29, 0.717) is 24.5 Å². The summed E-state index contributed by atoms with van der Waals surface area (Å²) in [6, 6.07) is 18.1. The lowest BCUT2D eigenvalue weighted by atomic mass is 10.1. The summed E-state index contributed by atoms with van der Waals surface area (Å²) in [5.74, 6) is 0.679. The molecule has 5 heteroatoms. The lowest BCUT2D eigenvalue weighted by Gasteiger charge is -2.07. The van der Waals surface area contributed by atoms with Crippen molar-refractivity contribution in [3.05, 3.63) is 83.6 Å². The predicted molar refractivity (Wildman–Crippen MR) is 97.4 cm³/mol. The maximum Gasteiger partial charge on any atom is 0.201 e. The van der Waals surface area contributed by atoms with Gasteiger partial charge in [-0.1, -0.05) is 18.2 Å². The van der Waals surface area contributed by atoms with E-state index in [1.807, 2.05) is 37.3 Å². The molecule has 4 aromatic rings. The molecule has 1 aromatic carbocycles. The highest BCUT2D eigenvalue weighted by atomic mass is 16.3. The van der Waals surface area contributed by atoms with Crippen molar-refractivity contribution in [3.8, 4) is 0 Å². The van der Waals surface area contributed by atoms with Gasteiger partial charge in [0.2, 0.25) is 5.89 Å². The van der Waals surface area contributed by atoms with E-state index >= 15 is 0 Å². The van der Waals surface area contributed by atoms with Gasteiger partial charge >= 0.3 is 0 Å². The Balaban J connectivity index is 1.41. The second-order valence-electron chi connectivity index (χ2n) is 5.93. The van der Waals surface area contributed by atoms with Gasteiger partial charge in [-0.25, -0.2) is 4.98 Å². The summed E-state index contributed by atoms with van der Waals surface area (Å²) < 4.78 is 5.72. The zero-order chi connectivity index (χ0) is 17.1. The normalized spacial score (nSPS) is 10.9. The van der Waals surface area contributed by atoms with Crippen LogP contribution in [0.15, 0.2) is 65.2 Å². The van der Waals surface area contributed by atoms with Crippen LogP contribution in [0, 0.1) is 6.92 Å². The lowest BCUT2D eigenvalue weighted by Crippen LogP contribution is -2.02. The van der Waals surface area contributed by atoms with E-state index in [1.165, 1.54) is 0 Å². The van der Waals surface area contributed by atoms with Gasteiger partial charge in [-0.3, -0.25) is 4.98 Å². The van der Waals surface area contributed by atoms with E-state index in [0.717, 1.165) is 28.2 Å². The minimum atomic E-state index is 0.649. The van der Waals surface area contributed by atoms with Gasteiger partial charge in [0.15, 0.2) is 11.2 Å². The molecule has 0 saturated carbocycles. The smallest absolute Gasteiger partial charge is 0.201 e. The third-order valence-electron chi connectivity index (χ3n) is 3.94. The van der Waals surface area contributed by atoms with Crippen molar-refractivity contribution in [3.63, 3.8) is 0 Å². The highest BCUT2D eigenvalue weighted by Gasteiger charge is 2.07. The molecule has 25 heavy (non-hydrogen) atoms. The summed E-state index contributed by atoms with van der Waals surface area (Å²) in [4.78, 5) is 13.1. The molecule has 124 valence electrons. The van der Waals surface area contributed by atoms with Crippen molar-refractivity contribution in [2.24, 2.45) is 0 Å². The van der Waals surface area contributed by atoms with Crippen molar-refractivity contribution in [1.29, 1.82) is 0 Å². The number of anilines is 1. The molecule has 0 amide bonds. The van der Waals surface area contributed by atoms with Gasteiger partial charge < -0.3 is 9.73 Å². The molecule has 0 radical (unpaired) electrons. The number of rotatable bonds is 5. The van der Waals surface area contributed by atoms with Crippen LogP contribution in [-0.2, 0) is 13.0 Å². The number of nitrogens with zero attached hydrogens (tertiary/aromatic N) is 3. The second kappa shape index (κ2) is 6.73. The average molecular weight is 330 g/mol. The summed E-state index contributed by atoms with van der Waals surface area (Å²) in [5.41, 5.74) is 5.64. The number of pyridine rings is 2. The Labute approximate surface area is 145 Å². The fourth-order valence-electron chi connectivity index (χ4n) is 2.69. The minimum absolute atomic E-state index is 0.649. The Morgan fingerprint density at radius 2 is 1.84 bits per heavy atom. The van der Waals surface area contributed by atoms with Crippen LogP contribution in [0.25, 0.3) is 11.2 Å². The molecule has 0 fully saturated rings. The molecular weight excluding hydrogens is 312 g/mol. The third kappa shape index (κ3) is 3.66. The van der Waals surface area contributed by atoms with Crippen molar-refractivity contribution >= 4 is 16.9 Å². The molecule has 1 N–H and O–H groups in total. The van der Waals surface area contributed by atoms with E-state index < -0.39 is 0 Å². The molecule has 0 atom stereocenters. The first-order valence-corrected chi connectivity index (χ1v) is 8.22. The largest absolute Gasteiger partial charge is 0.439 e. The third-order valence-corrected chi connectivity index (χ3v) is 3.94. The highest BCUT2D eigenvalue weighted by Crippen LogP contribution is 2.17. The zero-order valence-electron chi connectivity index (χ0n) is 13.9. The summed E-state index contributed by atoms with van der Waals surface area (Å²) in [6.45, 7) is 2.71. The first-order valence-electron chi connectivity index (χ1n) is 8.22. The number of oxazole rings is 1. The van der Waals surface area contributed by atoms with Crippen LogP contribution in [0.4, 0.5) is 5.69 Å². The first-order chi connectivity index (χ1) is 12.3. The van der Waals surface area contributed by atoms with Gasteiger partial charge in [-0.15, -0.1) is 0 Å². The van der Waals surface area contributed by atoms with Gasteiger partial charge in [0.05, 0.1) is 12.2 Å². The van der Waals surface area contributed by atoms with Gasteiger partial charge in [0, 0.05) is 24.0 Å². The molecule has 0 aliphatic carbocycles. The Hall–Kier alpha value is -3.21. The Morgan fingerprint density at radius 1 is 0.960 bits per heavy atom. The molecule has 5 nitrogen and oxygen atoms in total. The van der Waals surface area contributed by atoms with E-state index in [9.17, 15) is 0 Å². The van der Waals surface area contributed by atoms with Crippen molar-refractivity contribution < 1.29 is 4.42 Å². The number of hydrogen-bond donors (Lipinski definition) is 1. The molecule has 0 unspecified atom stereocenters. The average Bonchev–Trinajstić information content (AvgIpc) is 3.03. The quantitative estimate of drug-likeness (QED) is 0.596. The summed E-state index contributed by atoms with van der Waals surface area (Å²) in [7, 11) is 0. The van der Waals surface area contributed by atoms with Crippen LogP contribution in [0.1, 0.15) is 22.8 Å². The van der Waals surface area contributed by atoms with Gasteiger partial charge in [-0.2, -0.15) is 4.98 Å². The van der Waals surface area contributed by atoms with E-state index in [4.69, 9.17) is 4.42 Å². The molecule has 0 aliphatic rings. The molecule has 0 bridgehead atoms. The van der Waals surface area contributed by atoms with Gasteiger partial charge in [0.25, 0.3) is 0 Å². The number of fused-ring (bicyclic) bond motifs is 1. The monoisotopic (exact) mass is 330 g/mol. The summed E-state index contributed by atoms with van der Waals surface area (Å²) in [6.07, 6.45) is 2.37. The highest BCUT2D eigenvalue weighted by molar-refractivity contribution is 5.67. The van der Waals surface area contributed by atoms with Crippen molar-refractivity contribution in [2.75, 3.05) is 5.32 Å². The van der Waals surface area contributed by atoms with Gasteiger partial charge in [0.1, 0.15) is 0 Å². The SMILES string of the molecule is Cc1cccc(CNc2ccc(Cc3nc4ncccc4o3)cc2)n1. The standard InChI is InChI=1S/C20H18N4O/c1-14-4-2-5-17(23-14)13-22-16-9-7-15(8-10-16)12-19-24-20-18(25-19)6-3-11-21-20/h2-11,22H,12-13H2,1H3. The Kier molecular flexibility index (Phi) is 4.12. The zero-order valence-corrected chi connectivity index (χ0v) is 13.9. The maximum absolute atomic E-state index is 5.72. The fraction of sp³-hybridized carbons (Fsp3) is 0.150. The minimum Gasteiger partial charge on any atom is -0.439 e. The predicted octanol–water partition coefficient (Wildman–Crippen LogP) is 4.13. The molecule has 3 heterocycles. The molecular formula is C20H18N4O. The van der Waals surface area contributed by atoms with E-state index in [1.54, 1.807) is 6.20 Å².